The molecular weight excluding hydrogens is 264 g/mol. The van der Waals surface area contributed by atoms with Crippen molar-refractivity contribution < 1.29 is 9.53 Å². The molecule has 114 valence electrons. The molecule has 4 heteroatoms. The molecule has 2 N–H and O–H groups in total. The highest BCUT2D eigenvalue weighted by Crippen LogP contribution is 2.28. The number of methoxy groups -OCH3 is 1. The van der Waals surface area contributed by atoms with Crippen LogP contribution in [0, 0.1) is 5.41 Å². The number of aryl methyl sites for hydroxylation is 1. The van der Waals surface area contributed by atoms with Crippen molar-refractivity contribution in [2.75, 3.05) is 26.8 Å². The van der Waals surface area contributed by atoms with Crippen molar-refractivity contribution in [1.29, 1.82) is 0 Å². The quantitative estimate of drug-likeness (QED) is 0.878. The van der Waals surface area contributed by atoms with Crippen LogP contribution in [0.1, 0.15) is 24.0 Å². The van der Waals surface area contributed by atoms with Crippen LogP contribution in [0.5, 0.6) is 0 Å². The zero-order valence-corrected chi connectivity index (χ0v) is 12.7. The number of hydrogen-bond donors (Lipinski definition) is 2. The standard InChI is InChI=1S/C17H24N2O2/c1-21-12-17(8-9-18-11-17)16(20)19-15-7-6-13-4-2-3-5-14(13)10-15/h2-5,15,18H,6-12H2,1H3,(H,19,20). The monoisotopic (exact) mass is 288 g/mol. The molecule has 2 atom stereocenters. The Morgan fingerprint density at radius 1 is 1.43 bits per heavy atom. The fourth-order valence-electron chi connectivity index (χ4n) is 3.56. The van der Waals surface area contributed by atoms with Crippen LogP contribution in [-0.2, 0) is 22.4 Å². The SMILES string of the molecule is COCC1(C(=O)NC2CCc3ccccc3C2)CCNC1. The van der Waals surface area contributed by atoms with E-state index in [1.807, 2.05) is 0 Å². The van der Waals surface area contributed by atoms with Gasteiger partial charge in [-0.1, -0.05) is 24.3 Å². The topological polar surface area (TPSA) is 50.4 Å². The van der Waals surface area contributed by atoms with Crippen molar-refractivity contribution in [1.82, 2.24) is 10.6 Å². The lowest BCUT2D eigenvalue weighted by Gasteiger charge is -2.31. The average Bonchev–Trinajstić information content (AvgIpc) is 2.97. The van der Waals surface area contributed by atoms with Crippen molar-refractivity contribution >= 4 is 5.91 Å². The molecule has 1 saturated heterocycles. The van der Waals surface area contributed by atoms with E-state index in [0.29, 0.717) is 6.61 Å². The van der Waals surface area contributed by atoms with Gasteiger partial charge in [0.05, 0.1) is 12.0 Å². The number of nitrogens with one attached hydrogen (secondary N) is 2. The molecule has 21 heavy (non-hydrogen) atoms. The normalized spacial score (nSPS) is 28.1. The molecule has 2 unspecified atom stereocenters. The van der Waals surface area contributed by atoms with E-state index in [4.69, 9.17) is 4.74 Å². The first-order valence-corrected chi connectivity index (χ1v) is 7.81. The second-order valence-electron chi connectivity index (χ2n) is 6.32. The Labute approximate surface area is 126 Å². The predicted molar refractivity (Wildman–Crippen MR) is 82.2 cm³/mol. The van der Waals surface area contributed by atoms with Crippen molar-refractivity contribution in [3.05, 3.63) is 35.4 Å². The smallest absolute Gasteiger partial charge is 0.230 e. The average molecular weight is 288 g/mol. The summed E-state index contributed by atoms with van der Waals surface area (Å²) in [6.07, 6.45) is 3.88. The molecule has 1 aromatic carbocycles. The Morgan fingerprint density at radius 3 is 2.95 bits per heavy atom. The van der Waals surface area contributed by atoms with E-state index in [1.165, 1.54) is 11.1 Å². The first-order valence-electron chi connectivity index (χ1n) is 7.81. The lowest BCUT2D eigenvalue weighted by molar-refractivity contribution is -0.133. The summed E-state index contributed by atoms with van der Waals surface area (Å²) in [5.41, 5.74) is 2.42. The maximum absolute atomic E-state index is 12.7. The van der Waals surface area contributed by atoms with E-state index in [1.54, 1.807) is 7.11 Å². The molecule has 0 saturated carbocycles. The van der Waals surface area contributed by atoms with Crippen molar-refractivity contribution in [3.63, 3.8) is 0 Å². The van der Waals surface area contributed by atoms with Gasteiger partial charge in [-0.15, -0.1) is 0 Å². The number of hydrogen-bond acceptors (Lipinski definition) is 3. The lowest BCUT2D eigenvalue weighted by atomic mass is 9.84. The molecule has 2 aliphatic rings. The van der Waals surface area contributed by atoms with Crippen LogP contribution in [0.15, 0.2) is 24.3 Å². The van der Waals surface area contributed by atoms with Gasteiger partial charge in [0.2, 0.25) is 5.91 Å². The molecule has 1 fully saturated rings. The van der Waals surface area contributed by atoms with E-state index in [-0.39, 0.29) is 17.4 Å². The van der Waals surface area contributed by atoms with Crippen LogP contribution in [0.4, 0.5) is 0 Å². The summed E-state index contributed by atoms with van der Waals surface area (Å²) in [7, 11) is 1.67. The number of amides is 1. The van der Waals surface area contributed by atoms with Gasteiger partial charge in [-0.2, -0.15) is 0 Å². The van der Waals surface area contributed by atoms with E-state index in [2.05, 4.69) is 34.9 Å². The van der Waals surface area contributed by atoms with Gasteiger partial charge < -0.3 is 15.4 Å². The van der Waals surface area contributed by atoms with Gasteiger partial charge in [-0.05, 0) is 43.4 Å². The lowest BCUT2D eigenvalue weighted by Crippen LogP contribution is -2.50. The molecular formula is C17H24N2O2. The molecule has 1 amide bonds. The van der Waals surface area contributed by atoms with Gasteiger partial charge in [0.1, 0.15) is 0 Å². The minimum Gasteiger partial charge on any atom is -0.384 e. The maximum atomic E-state index is 12.7. The Balaban J connectivity index is 1.65. The zero-order chi connectivity index (χ0) is 14.7. The van der Waals surface area contributed by atoms with Gasteiger partial charge in [-0.3, -0.25) is 4.79 Å². The van der Waals surface area contributed by atoms with Gasteiger partial charge >= 0.3 is 0 Å². The molecule has 1 aliphatic carbocycles. The molecule has 3 rings (SSSR count). The third-order valence-corrected chi connectivity index (χ3v) is 4.83. The first kappa shape index (κ1) is 14.5. The van der Waals surface area contributed by atoms with Gasteiger partial charge in [0.25, 0.3) is 0 Å². The summed E-state index contributed by atoms with van der Waals surface area (Å²) in [5.74, 6) is 0.152. The summed E-state index contributed by atoms with van der Waals surface area (Å²) in [6.45, 7) is 2.11. The largest absolute Gasteiger partial charge is 0.384 e. The molecule has 1 aromatic rings. The Morgan fingerprint density at radius 2 is 2.24 bits per heavy atom. The second-order valence-corrected chi connectivity index (χ2v) is 6.32. The highest BCUT2D eigenvalue weighted by molar-refractivity contribution is 5.83. The third kappa shape index (κ3) is 2.97. The molecule has 1 aliphatic heterocycles. The fourth-order valence-corrected chi connectivity index (χ4v) is 3.56. The molecule has 0 bridgehead atoms. The minimum atomic E-state index is -0.383. The number of rotatable bonds is 4. The second kappa shape index (κ2) is 6.16. The third-order valence-electron chi connectivity index (χ3n) is 4.83. The predicted octanol–water partition coefficient (Wildman–Crippen LogP) is 1.29. The molecule has 0 radical (unpaired) electrons. The molecule has 0 spiro atoms. The minimum absolute atomic E-state index is 0.152. The zero-order valence-electron chi connectivity index (χ0n) is 12.7. The fraction of sp³-hybridized carbons (Fsp3) is 0.588. The Hall–Kier alpha value is -1.39. The van der Waals surface area contributed by atoms with Crippen LogP contribution >= 0.6 is 0 Å². The summed E-state index contributed by atoms with van der Waals surface area (Å²) in [5, 5.41) is 6.56. The van der Waals surface area contributed by atoms with Gasteiger partial charge in [0.15, 0.2) is 0 Å². The van der Waals surface area contributed by atoms with E-state index in [0.717, 1.165) is 38.8 Å². The van der Waals surface area contributed by atoms with E-state index >= 15 is 0 Å². The number of fused-ring (bicyclic) bond motifs is 1. The summed E-state index contributed by atoms with van der Waals surface area (Å²) < 4.78 is 5.29. The molecule has 1 heterocycles. The Bertz CT molecular complexity index is 509. The van der Waals surface area contributed by atoms with Crippen LogP contribution in [0.2, 0.25) is 0 Å². The summed E-state index contributed by atoms with van der Waals surface area (Å²) in [6, 6.07) is 8.80. The molecule has 4 nitrogen and oxygen atoms in total. The maximum Gasteiger partial charge on any atom is 0.230 e. The summed E-state index contributed by atoms with van der Waals surface area (Å²) in [4.78, 5) is 12.7. The van der Waals surface area contributed by atoms with Crippen molar-refractivity contribution in [2.24, 2.45) is 5.41 Å². The highest BCUT2D eigenvalue weighted by Gasteiger charge is 2.42. The molecule has 0 aromatic heterocycles. The van der Waals surface area contributed by atoms with Gasteiger partial charge in [-0.25, -0.2) is 0 Å². The van der Waals surface area contributed by atoms with Crippen LogP contribution in [-0.4, -0.2) is 38.8 Å². The first-order chi connectivity index (χ1) is 10.2. The number of carbonyl (C=O) groups is 1. The van der Waals surface area contributed by atoms with E-state index < -0.39 is 0 Å². The number of benzene rings is 1. The van der Waals surface area contributed by atoms with Crippen LogP contribution in [0.25, 0.3) is 0 Å². The van der Waals surface area contributed by atoms with Crippen LogP contribution in [0.3, 0.4) is 0 Å². The number of carbonyl (C=O) groups excluding carboxylic acids is 1. The van der Waals surface area contributed by atoms with Crippen molar-refractivity contribution in [2.45, 2.75) is 31.7 Å². The van der Waals surface area contributed by atoms with E-state index in [9.17, 15) is 4.79 Å². The number of ether oxygens (including phenoxy) is 1. The Kier molecular flexibility index (Phi) is 4.27. The van der Waals surface area contributed by atoms with Crippen LogP contribution < -0.4 is 10.6 Å². The summed E-state index contributed by atoms with van der Waals surface area (Å²) >= 11 is 0. The van der Waals surface area contributed by atoms with Gasteiger partial charge in [0, 0.05) is 19.7 Å². The van der Waals surface area contributed by atoms with Crippen molar-refractivity contribution in [3.8, 4) is 0 Å². The highest BCUT2D eigenvalue weighted by atomic mass is 16.5.